The molecule has 1 aromatic heterocycles. The first kappa shape index (κ1) is 15.9. The standard InChI is InChI=1S/C18H27N3/c1-2-3-4-5-6-7-8-11-16(19)15-10-9-12-17-18(15)21-14-13-20-17/h9-10,12-14,16H,2-8,11,19H2,1H3. The number of para-hydroxylation sites is 1. The van der Waals surface area contributed by atoms with Crippen LogP contribution in [0.25, 0.3) is 11.0 Å². The highest BCUT2D eigenvalue weighted by molar-refractivity contribution is 5.77. The summed E-state index contributed by atoms with van der Waals surface area (Å²) in [5.41, 5.74) is 9.38. The molecule has 2 rings (SSSR count). The summed E-state index contributed by atoms with van der Waals surface area (Å²) in [6.07, 6.45) is 13.7. The van der Waals surface area contributed by atoms with Gasteiger partial charge in [-0.15, -0.1) is 0 Å². The van der Waals surface area contributed by atoms with Crippen molar-refractivity contribution in [2.24, 2.45) is 5.73 Å². The second-order valence-corrected chi connectivity index (χ2v) is 5.79. The van der Waals surface area contributed by atoms with Gasteiger partial charge in [0.15, 0.2) is 0 Å². The van der Waals surface area contributed by atoms with Crippen molar-refractivity contribution in [3.05, 3.63) is 36.2 Å². The van der Waals surface area contributed by atoms with Crippen LogP contribution in [0.15, 0.2) is 30.6 Å². The van der Waals surface area contributed by atoms with E-state index in [0.29, 0.717) is 0 Å². The molecule has 1 atom stereocenters. The summed E-state index contributed by atoms with van der Waals surface area (Å²) in [6, 6.07) is 6.17. The van der Waals surface area contributed by atoms with Crippen LogP contribution >= 0.6 is 0 Å². The monoisotopic (exact) mass is 285 g/mol. The summed E-state index contributed by atoms with van der Waals surface area (Å²) >= 11 is 0. The minimum Gasteiger partial charge on any atom is -0.324 e. The topological polar surface area (TPSA) is 51.8 Å². The Labute approximate surface area is 128 Å². The van der Waals surface area contributed by atoms with Crippen molar-refractivity contribution in [2.75, 3.05) is 0 Å². The van der Waals surface area contributed by atoms with Crippen LogP contribution in [-0.2, 0) is 0 Å². The fourth-order valence-corrected chi connectivity index (χ4v) is 2.79. The third kappa shape index (κ3) is 4.78. The summed E-state index contributed by atoms with van der Waals surface area (Å²) in [6.45, 7) is 2.26. The lowest BCUT2D eigenvalue weighted by atomic mass is 9.99. The zero-order chi connectivity index (χ0) is 14.9. The lowest BCUT2D eigenvalue weighted by Gasteiger charge is -2.13. The second kappa shape index (κ2) is 8.73. The molecule has 0 aliphatic rings. The van der Waals surface area contributed by atoms with Gasteiger partial charge in [-0.05, 0) is 18.1 Å². The van der Waals surface area contributed by atoms with Crippen molar-refractivity contribution in [2.45, 2.75) is 64.3 Å². The van der Waals surface area contributed by atoms with Gasteiger partial charge in [0.1, 0.15) is 0 Å². The van der Waals surface area contributed by atoms with Crippen LogP contribution < -0.4 is 5.73 Å². The highest BCUT2D eigenvalue weighted by Gasteiger charge is 2.10. The van der Waals surface area contributed by atoms with E-state index >= 15 is 0 Å². The van der Waals surface area contributed by atoms with Gasteiger partial charge in [-0.3, -0.25) is 9.97 Å². The molecule has 3 heteroatoms. The molecule has 0 amide bonds. The molecule has 0 aliphatic heterocycles. The predicted molar refractivity (Wildman–Crippen MR) is 89.1 cm³/mol. The van der Waals surface area contributed by atoms with Gasteiger partial charge in [0.25, 0.3) is 0 Å². The van der Waals surface area contributed by atoms with Crippen LogP contribution in [0, 0.1) is 0 Å². The van der Waals surface area contributed by atoms with E-state index in [0.717, 1.165) is 23.0 Å². The number of nitrogens with two attached hydrogens (primary N) is 1. The molecule has 0 radical (unpaired) electrons. The van der Waals surface area contributed by atoms with Gasteiger partial charge >= 0.3 is 0 Å². The van der Waals surface area contributed by atoms with Gasteiger partial charge in [-0.2, -0.15) is 0 Å². The van der Waals surface area contributed by atoms with E-state index in [4.69, 9.17) is 5.73 Å². The highest BCUT2D eigenvalue weighted by atomic mass is 14.8. The maximum absolute atomic E-state index is 6.36. The molecule has 1 aromatic carbocycles. The van der Waals surface area contributed by atoms with E-state index in [1.54, 1.807) is 12.4 Å². The van der Waals surface area contributed by atoms with Crippen LogP contribution in [0.2, 0.25) is 0 Å². The van der Waals surface area contributed by atoms with Crippen molar-refractivity contribution >= 4 is 11.0 Å². The summed E-state index contributed by atoms with van der Waals surface area (Å²) in [7, 11) is 0. The Bertz CT molecular complexity index is 533. The summed E-state index contributed by atoms with van der Waals surface area (Å²) in [5.74, 6) is 0. The molecule has 3 nitrogen and oxygen atoms in total. The minimum absolute atomic E-state index is 0.0704. The van der Waals surface area contributed by atoms with Crippen LogP contribution in [0.5, 0.6) is 0 Å². The fourth-order valence-electron chi connectivity index (χ4n) is 2.79. The molecule has 1 unspecified atom stereocenters. The van der Waals surface area contributed by atoms with Gasteiger partial charge in [0.2, 0.25) is 0 Å². The molecule has 114 valence electrons. The Kier molecular flexibility index (Phi) is 6.61. The number of benzene rings is 1. The number of hydrogen-bond acceptors (Lipinski definition) is 3. The average Bonchev–Trinajstić information content (AvgIpc) is 2.53. The largest absolute Gasteiger partial charge is 0.324 e. The zero-order valence-corrected chi connectivity index (χ0v) is 13.1. The second-order valence-electron chi connectivity index (χ2n) is 5.79. The Morgan fingerprint density at radius 3 is 2.48 bits per heavy atom. The Hall–Kier alpha value is -1.48. The van der Waals surface area contributed by atoms with Crippen LogP contribution in [0.1, 0.15) is 69.9 Å². The molecule has 0 fully saturated rings. The average molecular weight is 285 g/mol. The number of nitrogens with zero attached hydrogens (tertiary/aromatic N) is 2. The van der Waals surface area contributed by atoms with E-state index in [2.05, 4.69) is 23.0 Å². The molecule has 0 saturated carbocycles. The first-order valence-corrected chi connectivity index (χ1v) is 8.28. The maximum atomic E-state index is 6.36. The Morgan fingerprint density at radius 1 is 0.952 bits per heavy atom. The molecule has 0 aliphatic carbocycles. The molecular weight excluding hydrogens is 258 g/mol. The quantitative estimate of drug-likeness (QED) is 0.675. The lowest BCUT2D eigenvalue weighted by molar-refractivity contribution is 0.542. The fraction of sp³-hybridized carbons (Fsp3) is 0.556. The van der Waals surface area contributed by atoms with Gasteiger partial charge in [0.05, 0.1) is 11.0 Å². The summed E-state index contributed by atoms with van der Waals surface area (Å²) in [4.78, 5) is 8.78. The third-order valence-electron chi connectivity index (χ3n) is 4.05. The van der Waals surface area contributed by atoms with Crippen LogP contribution in [0.4, 0.5) is 0 Å². The zero-order valence-electron chi connectivity index (χ0n) is 13.1. The normalized spacial score (nSPS) is 12.7. The Balaban J connectivity index is 1.81. The van der Waals surface area contributed by atoms with Crippen LogP contribution in [-0.4, -0.2) is 9.97 Å². The van der Waals surface area contributed by atoms with E-state index in [-0.39, 0.29) is 6.04 Å². The number of fused-ring (bicyclic) bond motifs is 1. The highest BCUT2D eigenvalue weighted by Crippen LogP contribution is 2.23. The van der Waals surface area contributed by atoms with E-state index in [9.17, 15) is 0 Å². The number of rotatable bonds is 9. The smallest absolute Gasteiger partial charge is 0.0934 e. The summed E-state index contributed by atoms with van der Waals surface area (Å²) in [5, 5.41) is 0. The molecule has 0 bridgehead atoms. The van der Waals surface area contributed by atoms with E-state index < -0.39 is 0 Å². The third-order valence-corrected chi connectivity index (χ3v) is 4.05. The predicted octanol–water partition coefficient (Wildman–Crippen LogP) is 4.77. The van der Waals surface area contributed by atoms with Crippen molar-refractivity contribution in [3.63, 3.8) is 0 Å². The first-order chi connectivity index (χ1) is 10.3. The first-order valence-electron chi connectivity index (χ1n) is 8.28. The van der Waals surface area contributed by atoms with Gasteiger partial charge in [-0.1, -0.05) is 64.0 Å². The molecule has 2 aromatic rings. The molecule has 2 N–H and O–H groups in total. The Morgan fingerprint density at radius 2 is 1.67 bits per heavy atom. The molecule has 0 saturated heterocycles. The van der Waals surface area contributed by atoms with Crippen molar-refractivity contribution in [3.8, 4) is 0 Å². The SMILES string of the molecule is CCCCCCCCCC(N)c1cccc2nccnc12. The van der Waals surface area contributed by atoms with Crippen molar-refractivity contribution in [1.82, 2.24) is 9.97 Å². The van der Waals surface area contributed by atoms with Gasteiger partial charge in [-0.25, -0.2) is 0 Å². The molecular formula is C18H27N3. The van der Waals surface area contributed by atoms with Gasteiger partial charge < -0.3 is 5.73 Å². The van der Waals surface area contributed by atoms with Gasteiger partial charge in [0, 0.05) is 18.4 Å². The summed E-state index contributed by atoms with van der Waals surface area (Å²) < 4.78 is 0. The molecule has 1 heterocycles. The maximum Gasteiger partial charge on any atom is 0.0934 e. The van der Waals surface area contributed by atoms with E-state index in [1.165, 1.54) is 44.9 Å². The van der Waals surface area contributed by atoms with Crippen molar-refractivity contribution in [1.29, 1.82) is 0 Å². The van der Waals surface area contributed by atoms with E-state index in [1.807, 2.05) is 12.1 Å². The molecule has 21 heavy (non-hydrogen) atoms. The molecule has 0 spiro atoms. The lowest BCUT2D eigenvalue weighted by Crippen LogP contribution is -2.11. The number of aromatic nitrogens is 2. The minimum atomic E-state index is 0.0704. The van der Waals surface area contributed by atoms with Crippen LogP contribution in [0.3, 0.4) is 0 Å². The van der Waals surface area contributed by atoms with Crippen molar-refractivity contribution < 1.29 is 0 Å². The number of hydrogen-bond donors (Lipinski definition) is 1. The number of unbranched alkanes of at least 4 members (excludes halogenated alkanes) is 6.